The van der Waals surface area contributed by atoms with Crippen LogP contribution in [0.2, 0.25) is 0 Å². The Labute approximate surface area is 108 Å². The predicted octanol–water partition coefficient (Wildman–Crippen LogP) is 4.91. The second kappa shape index (κ2) is 4.98. The van der Waals surface area contributed by atoms with Crippen molar-refractivity contribution in [1.82, 2.24) is 0 Å². The van der Waals surface area contributed by atoms with E-state index < -0.39 is 41.0 Å². The fraction of sp³-hybridized carbons (Fsp3) is 0.333. The Balaban J connectivity index is 3.87. The van der Waals surface area contributed by atoms with Gasteiger partial charge < -0.3 is 4.52 Å². The van der Waals surface area contributed by atoms with E-state index in [1.165, 1.54) is 9.47 Å². The monoisotopic (exact) mass is 330 g/mol. The molecule has 0 spiro atoms. The zero-order valence-electron chi connectivity index (χ0n) is 9.04. The lowest BCUT2D eigenvalue weighted by molar-refractivity contribution is -0.175. The number of hydrogen-bond acceptors (Lipinski definition) is 1. The summed E-state index contributed by atoms with van der Waals surface area (Å²) in [4.78, 5) is 0. The highest BCUT2D eigenvalue weighted by atomic mass is 31.0. The molecule has 0 radical (unpaired) electrons. The second-order valence-electron chi connectivity index (χ2n) is 3.47. The third kappa shape index (κ3) is 3.28. The minimum atomic E-state index is -5.85. The average Bonchev–Trinajstić information content (AvgIpc) is 2.23. The summed E-state index contributed by atoms with van der Waals surface area (Å²) >= 11 is 0. The first kappa shape index (κ1) is 16.9. The molecule has 11 heteroatoms. The molecule has 0 aliphatic heterocycles. The molecule has 0 aliphatic carbocycles. The Morgan fingerprint density at radius 3 is 1.45 bits per heavy atom. The maximum atomic E-state index is 12.6. The van der Waals surface area contributed by atoms with Crippen LogP contribution in [0.25, 0.3) is 0 Å². The maximum absolute atomic E-state index is 12.6. The third-order valence-electron chi connectivity index (χ3n) is 2.17. The number of alkyl halides is 9. The van der Waals surface area contributed by atoms with Crippen LogP contribution in [-0.4, -0.2) is 0 Å². The highest BCUT2D eigenvalue weighted by Gasteiger charge is 2.51. The van der Waals surface area contributed by atoms with Gasteiger partial charge in [-0.1, -0.05) is 0 Å². The van der Waals surface area contributed by atoms with E-state index in [4.69, 9.17) is 0 Å². The molecule has 1 aromatic rings. The van der Waals surface area contributed by atoms with Gasteiger partial charge in [0.05, 0.1) is 20.6 Å². The molecule has 20 heavy (non-hydrogen) atoms. The van der Waals surface area contributed by atoms with Gasteiger partial charge in [0, 0.05) is 0 Å². The zero-order chi connectivity index (χ0) is 15.9. The van der Waals surface area contributed by atoms with Crippen molar-refractivity contribution in [2.45, 2.75) is 18.5 Å². The minimum absolute atomic E-state index is 0.114. The van der Waals surface area contributed by atoms with Gasteiger partial charge in [0.25, 0.3) is 0 Å². The van der Waals surface area contributed by atoms with Crippen LogP contribution in [0.3, 0.4) is 0 Å². The van der Waals surface area contributed by atoms with Crippen molar-refractivity contribution in [3.8, 4) is 5.75 Å². The lowest BCUT2D eigenvalue weighted by Gasteiger charge is -2.22. The van der Waals surface area contributed by atoms with E-state index in [-0.39, 0.29) is 12.1 Å². The minimum Gasteiger partial charge on any atom is -0.480 e. The summed E-state index contributed by atoms with van der Waals surface area (Å²) in [7, 11) is 1.25. The van der Waals surface area contributed by atoms with E-state index in [0.717, 1.165) is 0 Å². The van der Waals surface area contributed by atoms with E-state index in [9.17, 15) is 39.5 Å². The van der Waals surface area contributed by atoms with Crippen molar-refractivity contribution in [1.29, 1.82) is 0 Å². The van der Waals surface area contributed by atoms with Crippen LogP contribution in [0, 0.1) is 0 Å². The molecule has 0 bridgehead atoms. The Bertz CT molecular complexity index is 500. The Kier molecular flexibility index (Phi) is 4.20. The summed E-state index contributed by atoms with van der Waals surface area (Å²) in [6.45, 7) is 0. The first-order valence-electron chi connectivity index (χ1n) is 4.55. The van der Waals surface area contributed by atoms with E-state index in [1.54, 1.807) is 0 Å². The van der Waals surface area contributed by atoms with Gasteiger partial charge in [-0.3, -0.25) is 0 Å². The summed E-state index contributed by atoms with van der Waals surface area (Å²) in [5, 5.41) is 0. The van der Waals surface area contributed by atoms with Gasteiger partial charge in [-0.25, -0.2) is 0 Å². The molecule has 0 heterocycles. The van der Waals surface area contributed by atoms with Gasteiger partial charge in [0.15, 0.2) is 0 Å². The molecule has 0 amide bonds. The molecule has 0 saturated carbocycles. The van der Waals surface area contributed by atoms with E-state index in [2.05, 4.69) is 4.52 Å². The molecule has 114 valence electrons. The molecule has 0 aromatic heterocycles. The Morgan fingerprint density at radius 2 is 1.15 bits per heavy atom. The highest BCUT2D eigenvalue weighted by molar-refractivity contribution is 7.10. The molecule has 0 fully saturated rings. The summed E-state index contributed by atoms with van der Waals surface area (Å²) in [6, 6.07) is 0.0609. The lowest BCUT2D eigenvalue weighted by Crippen LogP contribution is -2.23. The molecule has 1 unspecified atom stereocenters. The molecule has 0 aliphatic rings. The van der Waals surface area contributed by atoms with Crippen LogP contribution in [0.4, 0.5) is 39.5 Å². The van der Waals surface area contributed by atoms with Crippen molar-refractivity contribution in [2.24, 2.45) is 0 Å². The largest absolute Gasteiger partial charge is 0.480 e. The van der Waals surface area contributed by atoms with E-state index >= 15 is 0 Å². The van der Waals surface area contributed by atoms with Gasteiger partial charge in [0.2, 0.25) is 0 Å². The standard InChI is InChI=1S/C9H4F9OP/c10-7(11,12)3-1-2-4(19-20)6(9(16,17)18)5(3)8(13,14)15/h1-2H,20H2. The molecular weight excluding hydrogens is 326 g/mol. The second-order valence-corrected chi connectivity index (χ2v) is 3.71. The van der Waals surface area contributed by atoms with Crippen molar-refractivity contribution < 1.29 is 44.0 Å². The van der Waals surface area contributed by atoms with Gasteiger partial charge in [0.1, 0.15) is 11.3 Å². The molecule has 1 nitrogen and oxygen atoms in total. The van der Waals surface area contributed by atoms with Crippen LogP contribution in [0.1, 0.15) is 16.7 Å². The quantitative estimate of drug-likeness (QED) is 0.525. The summed E-state index contributed by atoms with van der Waals surface area (Å²) in [5.74, 6) is -1.37. The molecule has 0 saturated heterocycles. The maximum Gasteiger partial charge on any atom is 0.420 e. The number of benzene rings is 1. The van der Waals surface area contributed by atoms with Crippen LogP contribution in [-0.2, 0) is 18.5 Å². The highest BCUT2D eigenvalue weighted by Crippen LogP contribution is 2.50. The normalized spacial score (nSPS) is 13.5. The topological polar surface area (TPSA) is 9.23 Å². The molecule has 1 rings (SSSR count). The zero-order valence-corrected chi connectivity index (χ0v) is 10.2. The van der Waals surface area contributed by atoms with Crippen molar-refractivity contribution in [3.05, 3.63) is 28.8 Å². The summed E-state index contributed by atoms with van der Waals surface area (Å²) < 4.78 is 117. The SMILES string of the molecule is FC(F)(F)c1ccc(OP)c(C(F)(F)F)c1C(F)(F)F. The van der Waals surface area contributed by atoms with Gasteiger partial charge in [-0.2, -0.15) is 39.5 Å². The van der Waals surface area contributed by atoms with Gasteiger partial charge >= 0.3 is 18.5 Å². The molecular formula is C9H4F9OP. The average molecular weight is 330 g/mol. The van der Waals surface area contributed by atoms with E-state index in [1.807, 2.05) is 0 Å². The van der Waals surface area contributed by atoms with Crippen LogP contribution in [0.5, 0.6) is 5.75 Å². The molecule has 1 atom stereocenters. The third-order valence-corrected chi connectivity index (χ3v) is 2.42. The Morgan fingerprint density at radius 1 is 0.700 bits per heavy atom. The predicted molar refractivity (Wildman–Crippen MR) is 51.8 cm³/mol. The van der Waals surface area contributed by atoms with Crippen LogP contribution >= 0.6 is 9.47 Å². The first-order valence-corrected chi connectivity index (χ1v) is 5.02. The van der Waals surface area contributed by atoms with Crippen molar-refractivity contribution in [3.63, 3.8) is 0 Å². The fourth-order valence-corrected chi connectivity index (χ4v) is 1.69. The first-order chi connectivity index (χ1) is 8.80. The van der Waals surface area contributed by atoms with Crippen molar-refractivity contribution >= 4 is 9.47 Å². The van der Waals surface area contributed by atoms with Crippen molar-refractivity contribution in [2.75, 3.05) is 0 Å². The van der Waals surface area contributed by atoms with E-state index in [0.29, 0.717) is 0 Å². The molecule has 0 N–H and O–H groups in total. The smallest absolute Gasteiger partial charge is 0.420 e. The lowest BCUT2D eigenvalue weighted by atomic mass is 9.98. The number of halogens is 9. The fourth-order valence-electron chi connectivity index (χ4n) is 1.49. The Hall–Kier alpha value is -1.18. The van der Waals surface area contributed by atoms with Gasteiger partial charge in [-0.15, -0.1) is 0 Å². The van der Waals surface area contributed by atoms with Gasteiger partial charge in [-0.05, 0) is 12.1 Å². The number of rotatable bonds is 1. The summed E-state index contributed by atoms with van der Waals surface area (Å²) in [5.41, 5.74) is -7.77. The van der Waals surface area contributed by atoms with Crippen LogP contribution < -0.4 is 4.52 Å². The summed E-state index contributed by atoms with van der Waals surface area (Å²) in [6.07, 6.45) is -17.1. The van der Waals surface area contributed by atoms with Crippen LogP contribution in [0.15, 0.2) is 12.1 Å². The molecule has 1 aromatic carbocycles. The number of hydrogen-bond donors (Lipinski definition) is 0.